The summed E-state index contributed by atoms with van der Waals surface area (Å²) in [6, 6.07) is 6.65. The van der Waals surface area contributed by atoms with Gasteiger partial charge in [0.15, 0.2) is 0 Å². The van der Waals surface area contributed by atoms with Gasteiger partial charge in [-0.25, -0.2) is 0 Å². The summed E-state index contributed by atoms with van der Waals surface area (Å²) in [4.78, 5) is 10.4. The molecule has 0 unspecified atom stereocenters. The van der Waals surface area contributed by atoms with Crippen molar-refractivity contribution in [3.05, 3.63) is 46.0 Å². The smallest absolute Gasteiger partial charge is 0.280 e. The van der Waals surface area contributed by atoms with E-state index in [0.29, 0.717) is 17.9 Å². The predicted molar refractivity (Wildman–Crippen MR) is 56.3 cm³/mol. The average molecular weight is 205 g/mol. The van der Waals surface area contributed by atoms with Crippen LogP contribution in [-0.2, 0) is 4.74 Å². The molecule has 78 valence electrons. The maximum atomic E-state index is 10.8. The van der Waals surface area contributed by atoms with Crippen molar-refractivity contribution in [3.63, 3.8) is 0 Å². The maximum Gasteiger partial charge on any atom is 0.280 e. The van der Waals surface area contributed by atoms with E-state index in [9.17, 15) is 10.1 Å². The second-order valence-electron chi connectivity index (χ2n) is 3.33. The van der Waals surface area contributed by atoms with Crippen molar-refractivity contribution in [2.75, 3.05) is 6.61 Å². The van der Waals surface area contributed by atoms with Crippen LogP contribution in [-0.4, -0.2) is 11.5 Å². The zero-order valence-electron chi connectivity index (χ0n) is 8.18. The minimum absolute atomic E-state index is 0.102. The lowest BCUT2D eigenvalue weighted by Crippen LogP contribution is -2.02. The molecule has 0 saturated heterocycles. The molecular weight excluding hydrogens is 194 g/mol. The first-order chi connectivity index (χ1) is 7.29. The Kier molecular flexibility index (Phi) is 2.67. The average Bonchev–Trinajstić information content (AvgIpc) is 2.30. The Labute approximate surface area is 87.3 Å². The first-order valence-electron chi connectivity index (χ1n) is 4.86. The number of para-hydroxylation sites is 1. The molecule has 1 aromatic rings. The van der Waals surface area contributed by atoms with E-state index in [1.807, 2.05) is 6.08 Å². The number of hydrogen-bond donors (Lipinski definition) is 0. The van der Waals surface area contributed by atoms with Gasteiger partial charge in [0.25, 0.3) is 5.69 Å². The van der Waals surface area contributed by atoms with Crippen LogP contribution in [0, 0.1) is 10.1 Å². The Morgan fingerprint density at radius 1 is 1.33 bits per heavy atom. The van der Waals surface area contributed by atoms with Gasteiger partial charge in [-0.3, -0.25) is 10.1 Å². The molecule has 0 N–H and O–H groups in total. The van der Waals surface area contributed by atoms with Crippen LogP contribution in [0.4, 0.5) is 5.69 Å². The van der Waals surface area contributed by atoms with Crippen molar-refractivity contribution in [1.29, 1.82) is 0 Å². The third-order valence-corrected chi connectivity index (χ3v) is 2.30. The van der Waals surface area contributed by atoms with Gasteiger partial charge in [0.1, 0.15) is 5.76 Å². The number of nitrogens with zero attached hydrogens (tertiary/aromatic N) is 1. The van der Waals surface area contributed by atoms with Crippen molar-refractivity contribution in [2.24, 2.45) is 0 Å². The molecule has 2 rings (SSSR count). The second kappa shape index (κ2) is 4.13. The van der Waals surface area contributed by atoms with Gasteiger partial charge in [0, 0.05) is 6.07 Å². The minimum atomic E-state index is -0.381. The highest BCUT2D eigenvalue weighted by Gasteiger charge is 2.18. The monoisotopic (exact) mass is 205 g/mol. The molecule has 0 saturated carbocycles. The van der Waals surface area contributed by atoms with Gasteiger partial charge in [-0.05, 0) is 25.0 Å². The van der Waals surface area contributed by atoms with Crippen molar-refractivity contribution in [2.45, 2.75) is 12.8 Å². The van der Waals surface area contributed by atoms with E-state index in [0.717, 1.165) is 12.8 Å². The van der Waals surface area contributed by atoms with Crippen LogP contribution >= 0.6 is 0 Å². The normalized spacial score (nSPS) is 15.3. The van der Waals surface area contributed by atoms with E-state index in [4.69, 9.17) is 4.74 Å². The van der Waals surface area contributed by atoms with Crippen LogP contribution < -0.4 is 0 Å². The summed E-state index contributed by atoms with van der Waals surface area (Å²) in [7, 11) is 0. The molecule has 0 amide bonds. The van der Waals surface area contributed by atoms with Crippen LogP contribution in [0.5, 0.6) is 0 Å². The molecular formula is C11H11NO3. The topological polar surface area (TPSA) is 52.4 Å². The first-order valence-corrected chi connectivity index (χ1v) is 4.86. The lowest BCUT2D eigenvalue weighted by atomic mass is 10.1. The van der Waals surface area contributed by atoms with E-state index < -0.39 is 0 Å². The summed E-state index contributed by atoms with van der Waals surface area (Å²) in [5, 5.41) is 10.8. The largest absolute Gasteiger partial charge is 0.493 e. The van der Waals surface area contributed by atoms with Crippen molar-refractivity contribution < 1.29 is 9.66 Å². The van der Waals surface area contributed by atoms with Crippen LogP contribution in [0.2, 0.25) is 0 Å². The minimum Gasteiger partial charge on any atom is -0.493 e. The maximum absolute atomic E-state index is 10.8. The summed E-state index contributed by atoms with van der Waals surface area (Å²) in [5.41, 5.74) is 0.674. The quantitative estimate of drug-likeness (QED) is 0.551. The predicted octanol–water partition coefficient (Wildman–Crippen LogP) is 2.75. The zero-order valence-corrected chi connectivity index (χ0v) is 8.18. The molecule has 0 fully saturated rings. The summed E-state index contributed by atoms with van der Waals surface area (Å²) < 4.78 is 5.41. The molecule has 15 heavy (non-hydrogen) atoms. The fourth-order valence-electron chi connectivity index (χ4n) is 1.59. The molecule has 0 bridgehead atoms. The van der Waals surface area contributed by atoms with E-state index in [1.54, 1.807) is 18.2 Å². The van der Waals surface area contributed by atoms with Crippen LogP contribution in [0.25, 0.3) is 5.76 Å². The van der Waals surface area contributed by atoms with Crippen LogP contribution in [0.15, 0.2) is 30.3 Å². The van der Waals surface area contributed by atoms with Gasteiger partial charge < -0.3 is 4.74 Å². The Morgan fingerprint density at radius 3 is 2.80 bits per heavy atom. The lowest BCUT2D eigenvalue weighted by molar-refractivity contribution is -0.385. The van der Waals surface area contributed by atoms with Crippen LogP contribution in [0.1, 0.15) is 18.4 Å². The standard InChI is InChI=1S/C11H11NO3/c13-12(14)10-6-2-1-5-9(10)11-7-3-4-8-15-11/h1-2,5-7H,3-4,8H2. The molecule has 1 aliphatic rings. The molecule has 1 aliphatic heterocycles. The molecule has 4 nitrogen and oxygen atoms in total. The van der Waals surface area contributed by atoms with Crippen molar-refractivity contribution >= 4 is 11.4 Å². The molecule has 0 spiro atoms. The van der Waals surface area contributed by atoms with Gasteiger partial charge in [-0.1, -0.05) is 12.1 Å². The number of ether oxygens (including phenoxy) is 1. The number of allylic oxidation sites excluding steroid dienone is 1. The Hall–Kier alpha value is -1.84. The fraction of sp³-hybridized carbons (Fsp3) is 0.273. The van der Waals surface area contributed by atoms with Crippen LogP contribution in [0.3, 0.4) is 0 Å². The Bertz CT molecular complexity index is 412. The molecule has 0 atom stereocenters. The number of nitro groups is 1. The third kappa shape index (κ3) is 1.98. The number of benzene rings is 1. The fourth-order valence-corrected chi connectivity index (χ4v) is 1.59. The van der Waals surface area contributed by atoms with Gasteiger partial charge in [-0.2, -0.15) is 0 Å². The summed E-state index contributed by atoms with van der Waals surface area (Å²) >= 11 is 0. The lowest BCUT2D eigenvalue weighted by Gasteiger charge is -2.14. The summed E-state index contributed by atoms with van der Waals surface area (Å²) in [5.74, 6) is 0.633. The Balaban J connectivity index is 2.42. The number of nitro benzene ring substituents is 1. The summed E-state index contributed by atoms with van der Waals surface area (Å²) in [6.45, 7) is 0.637. The van der Waals surface area contributed by atoms with Gasteiger partial charge in [0.2, 0.25) is 0 Å². The summed E-state index contributed by atoms with van der Waals surface area (Å²) in [6.07, 6.45) is 3.80. The van der Waals surface area contributed by atoms with Gasteiger partial charge >= 0.3 is 0 Å². The van der Waals surface area contributed by atoms with Gasteiger partial charge in [0.05, 0.1) is 17.1 Å². The second-order valence-corrected chi connectivity index (χ2v) is 3.33. The molecule has 1 heterocycles. The van der Waals surface area contributed by atoms with Crippen molar-refractivity contribution in [3.8, 4) is 0 Å². The van der Waals surface area contributed by atoms with E-state index in [2.05, 4.69) is 0 Å². The van der Waals surface area contributed by atoms with E-state index in [1.165, 1.54) is 6.07 Å². The molecule has 0 aromatic heterocycles. The number of rotatable bonds is 2. The van der Waals surface area contributed by atoms with Crippen molar-refractivity contribution in [1.82, 2.24) is 0 Å². The zero-order chi connectivity index (χ0) is 10.7. The first kappa shape index (κ1) is 9.71. The number of hydrogen-bond acceptors (Lipinski definition) is 3. The van der Waals surface area contributed by atoms with E-state index >= 15 is 0 Å². The van der Waals surface area contributed by atoms with Gasteiger partial charge in [-0.15, -0.1) is 0 Å². The Morgan fingerprint density at radius 2 is 2.13 bits per heavy atom. The highest BCUT2D eigenvalue weighted by molar-refractivity contribution is 5.68. The molecule has 1 aromatic carbocycles. The van der Waals surface area contributed by atoms with E-state index in [-0.39, 0.29) is 10.6 Å². The molecule has 0 radical (unpaired) electrons. The molecule has 4 heteroatoms. The highest BCUT2D eigenvalue weighted by atomic mass is 16.6. The molecule has 0 aliphatic carbocycles. The third-order valence-electron chi connectivity index (χ3n) is 2.30. The SMILES string of the molecule is O=[N+]([O-])c1ccccc1C1=CCCCO1. The highest BCUT2D eigenvalue weighted by Crippen LogP contribution is 2.28.